The standard InChI is InChI=1S/C20H17ClN2O3/c1-11(24)12-5-8-19-16(9-12)14-3-2-4-15(14)20(22-19)17-10-13(23(25)26)6-7-18(17)21/h2-3,5-10,14-15,20,22H,4H2,1H3/t14-,15-,20+/m0/s1. The number of nitrogens with one attached hydrogen (secondary N) is 1. The number of Topliss-reactive ketones (excluding diaryl/α,β-unsaturated/α-hetero) is 1. The Hall–Kier alpha value is -2.66. The van der Waals surface area contributed by atoms with E-state index in [4.69, 9.17) is 11.6 Å². The maximum Gasteiger partial charge on any atom is 0.269 e. The molecule has 1 aliphatic carbocycles. The maximum atomic E-state index is 11.7. The van der Waals surface area contributed by atoms with Crippen molar-refractivity contribution >= 4 is 28.8 Å². The number of carbonyl (C=O) groups excluding carboxylic acids is 1. The van der Waals surface area contributed by atoms with E-state index in [0.29, 0.717) is 10.6 Å². The third-order valence-electron chi connectivity index (χ3n) is 5.29. The van der Waals surface area contributed by atoms with Gasteiger partial charge in [0.25, 0.3) is 5.69 Å². The van der Waals surface area contributed by atoms with E-state index in [9.17, 15) is 14.9 Å². The quantitative estimate of drug-likeness (QED) is 0.346. The first kappa shape index (κ1) is 16.8. The first-order valence-corrected chi connectivity index (χ1v) is 8.85. The predicted molar refractivity (Wildman–Crippen MR) is 101 cm³/mol. The van der Waals surface area contributed by atoms with Crippen molar-refractivity contribution in [3.63, 3.8) is 0 Å². The number of carbonyl (C=O) groups is 1. The van der Waals surface area contributed by atoms with E-state index in [1.807, 2.05) is 12.1 Å². The number of fused-ring (bicyclic) bond motifs is 3. The van der Waals surface area contributed by atoms with Crippen molar-refractivity contribution in [2.45, 2.75) is 25.3 Å². The third kappa shape index (κ3) is 2.69. The molecule has 0 saturated heterocycles. The van der Waals surface area contributed by atoms with Gasteiger partial charge >= 0.3 is 0 Å². The van der Waals surface area contributed by atoms with E-state index in [-0.39, 0.29) is 29.3 Å². The summed E-state index contributed by atoms with van der Waals surface area (Å²) in [4.78, 5) is 22.5. The fraction of sp³-hybridized carbons (Fsp3) is 0.250. The highest BCUT2D eigenvalue weighted by atomic mass is 35.5. The maximum absolute atomic E-state index is 11.7. The number of ketones is 1. The number of anilines is 1. The van der Waals surface area contributed by atoms with E-state index in [1.165, 1.54) is 6.07 Å². The van der Waals surface area contributed by atoms with Crippen LogP contribution in [0.2, 0.25) is 5.02 Å². The van der Waals surface area contributed by atoms with Crippen molar-refractivity contribution in [1.82, 2.24) is 0 Å². The second kappa shape index (κ2) is 6.25. The normalized spacial score (nSPS) is 23.1. The lowest BCUT2D eigenvalue weighted by Gasteiger charge is -2.38. The van der Waals surface area contributed by atoms with Crippen LogP contribution >= 0.6 is 11.6 Å². The number of halogens is 1. The first-order chi connectivity index (χ1) is 12.5. The molecule has 0 amide bonds. The van der Waals surface area contributed by atoms with Gasteiger partial charge < -0.3 is 5.32 Å². The van der Waals surface area contributed by atoms with Gasteiger partial charge in [0, 0.05) is 39.9 Å². The summed E-state index contributed by atoms with van der Waals surface area (Å²) in [6.45, 7) is 1.56. The van der Waals surface area contributed by atoms with E-state index < -0.39 is 4.92 Å². The minimum absolute atomic E-state index is 0.0337. The summed E-state index contributed by atoms with van der Waals surface area (Å²) in [5.41, 5.74) is 3.49. The highest BCUT2D eigenvalue weighted by Crippen LogP contribution is 2.51. The lowest BCUT2D eigenvalue weighted by molar-refractivity contribution is -0.384. The van der Waals surface area contributed by atoms with Gasteiger partial charge in [-0.15, -0.1) is 0 Å². The first-order valence-electron chi connectivity index (χ1n) is 8.47. The van der Waals surface area contributed by atoms with Crippen molar-refractivity contribution in [2.75, 3.05) is 5.32 Å². The minimum atomic E-state index is -0.403. The molecular weight excluding hydrogens is 352 g/mol. The van der Waals surface area contributed by atoms with Crippen LogP contribution in [0.5, 0.6) is 0 Å². The topological polar surface area (TPSA) is 72.2 Å². The summed E-state index contributed by atoms with van der Waals surface area (Å²) in [7, 11) is 0. The number of non-ortho nitro benzene ring substituents is 1. The van der Waals surface area contributed by atoms with Crippen LogP contribution in [-0.2, 0) is 0 Å². The molecule has 1 N–H and O–H groups in total. The van der Waals surface area contributed by atoms with Gasteiger partial charge in [-0.05, 0) is 49.1 Å². The number of nitro groups is 1. The molecule has 0 unspecified atom stereocenters. The molecule has 0 fully saturated rings. The van der Waals surface area contributed by atoms with Crippen LogP contribution in [0.4, 0.5) is 11.4 Å². The van der Waals surface area contributed by atoms with Crippen LogP contribution in [-0.4, -0.2) is 10.7 Å². The molecule has 0 saturated carbocycles. The largest absolute Gasteiger partial charge is 0.378 e. The molecule has 1 aliphatic heterocycles. The number of hydrogen-bond acceptors (Lipinski definition) is 4. The minimum Gasteiger partial charge on any atom is -0.378 e. The zero-order valence-corrected chi connectivity index (χ0v) is 14.9. The molecular formula is C20H17ClN2O3. The Kier molecular flexibility index (Phi) is 4.04. The van der Waals surface area contributed by atoms with Crippen LogP contribution in [0.1, 0.15) is 46.8 Å². The summed E-state index contributed by atoms with van der Waals surface area (Å²) in [5, 5.41) is 15.2. The van der Waals surface area contributed by atoms with Crippen molar-refractivity contribution < 1.29 is 9.72 Å². The zero-order valence-electron chi connectivity index (χ0n) is 14.1. The molecule has 0 bridgehead atoms. The molecule has 26 heavy (non-hydrogen) atoms. The summed E-state index contributed by atoms with van der Waals surface area (Å²) in [6, 6.07) is 10.1. The van der Waals surface area contributed by atoms with Crippen LogP contribution in [0, 0.1) is 16.0 Å². The number of allylic oxidation sites excluding steroid dienone is 2. The molecule has 3 atom stereocenters. The molecule has 5 nitrogen and oxygen atoms in total. The average molecular weight is 369 g/mol. The van der Waals surface area contributed by atoms with Gasteiger partial charge in [0.2, 0.25) is 0 Å². The average Bonchev–Trinajstić information content (AvgIpc) is 3.11. The molecule has 0 radical (unpaired) electrons. The molecule has 6 heteroatoms. The van der Waals surface area contributed by atoms with Crippen LogP contribution in [0.25, 0.3) is 0 Å². The Morgan fingerprint density at radius 3 is 2.77 bits per heavy atom. The number of hydrogen-bond donors (Lipinski definition) is 1. The monoisotopic (exact) mass is 368 g/mol. The van der Waals surface area contributed by atoms with Crippen LogP contribution in [0.15, 0.2) is 48.6 Å². The highest BCUT2D eigenvalue weighted by molar-refractivity contribution is 6.31. The fourth-order valence-corrected chi connectivity index (χ4v) is 4.24. The summed E-state index contributed by atoms with van der Waals surface area (Å²) < 4.78 is 0. The Balaban J connectivity index is 1.80. The van der Waals surface area contributed by atoms with Crippen molar-refractivity contribution in [2.24, 2.45) is 5.92 Å². The van der Waals surface area contributed by atoms with Gasteiger partial charge in [0.15, 0.2) is 5.78 Å². The Morgan fingerprint density at radius 1 is 1.23 bits per heavy atom. The Labute approximate surface area is 155 Å². The second-order valence-corrected chi connectivity index (χ2v) is 7.20. The summed E-state index contributed by atoms with van der Waals surface area (Å²) in [5.74, 6) is 0.394. The molecule has 2 aromatic carbocycles. The molecule has 4 rings (SSSR count). The number of benzene rings is 2. The number of rotatable bonds is 3. The predicted octanol–water partition coefficient (Wildman–Crippen LogP) is 5.28. The fourth-order valence-electron chi connectivity index (χ4n) is 4.00. The molecule has 1 heterocycles. The van der Waals surface area contributed by atoms with Gasteiger partial charge in [-0.1, -0.05) is 23.8 Å². The number of nitrogens with zero attached hydrogens (tertiary/aromatic N) is 1. The second-order valence-electron chi connectivity index (χ2n) is 6.80. The molecule has 0 spiro atoms. The van der Waals surface area contributed by atoms with Gasteiger partial charge in [-0.2, -0.15) is 0 Å². The van der Waals surface area contributed by atoms with Crippen molar-refractivity contribution in [3.8, 4) is 0 Å². The summed E-state index contributed by atoms with van der Waals surface area (Å²) in [6.07, 6.45) is 5.14. The number of nitro benzene ring substituents is 1. The van der Waals surface area contributed by atoms with E-state index in [0.717, 1.165) is 23.2 Å². The van der Waals surface area contributed by atoms with Gasteiger partial charge in [0.1, 0.15) is 0 Å². The molecule has 2 aromatic rings. The van der Waals surface area contributed by atoms with E-state index in [2.05, 4.69) is 17.5 Å². The summed E-state index contributed by atoms with van der Waals surface area (Å²) >= 11 is 6.39. The van der Waals surface area contributed by atoms with E-state index >= 15 is 0 Å². The van der Waals surface area contributed by atoms with Crippen molar-refractivity contribution in [3.05, 3.63) is 80.4 Å². The lowest BCUT2D eigenvalue weighted by atomic mass is 9.76. The molecule has 0 aromatic heterocycles. The van der Waals surface area contributed by atoms with Crippen LogP contribution < -0.4 is 5.32 Å². The smallest absolute Gasteiger partial charge is 0.269 e. The van der Waals surface area contributed by atoms with Gasteiger partial charge in [-0.25, -0.2) is 0 Å². The lowest BCUT2D eigenvalue weighted by Crippen LogP contribution is -2.29. The molecule has 132 valence electrons. The Bertz CT molecular complexity index is 954. The van der Waals surface area contributed by atoms with Crippen molar-refractivity contribution in [1.29, 1.82) is 0 Å². The Morgan fingerprint density at radius 2 is 2.04 bits per heavy atom. The zero-order chi connectivity index (χ0) is 18.4. The van der Waals surface area contributed by atoms with E-state index in [1.54, 1.807) is 25.1 Å². The van der Waals surface area contributed by atoms with Gasteiger partial charge in [0.05, 0.1) is 11.0 Å². The third-order valence-corrected chi connectivity index (χ3v) is 5.64. The molecule has 2 aliphatic rings. The van der Waals surface area contributed by atoms with Crippen LogP contribution in [0.3, 0.4) is 0 Å². The SMILES string of the molecule is CC(=O)c1ccc2c(c1)[C@H]1C=CC[C@@H]1[C@H](c1cc([N+](=O)[O-])ccc1Cl)N2. The van der Waals surface area contributed by atoms with Gasteiger partial charge in [-0.3, -0.25) is 14.9 Å². The highest BCUT2D eigenvalue weighted by Gasteiger charge is 2.39.